The second kappa shape index (κ2) is 5.61. The Morgan fingerprint density at radius 1 is 1.60 bits per heavy atom. The molecule has 1 atom stereocenters. The summed E-state index contributed by atoms with van der Waals surface area (Å²) in [5.74, 6) is 1.86. The third-order valence-corrected chi connectivity index (χ3v) is 4.36. The first-order chi connectivity index (χ1) is 7.07. The van der Waals surface area contributed by atoms with Gasteiger partial charge in [-0.3, -0.25) is 0 Å². The standard InChI is InChI=1S/C10H19N3S2/c1-7(5-6-14-4)13(3)10-8(2)9(11)12-15-10/h7H,5-6H2,1-4H3,(H2,11,12). The molecule has 0 saturated heterocycles. The molecule has 0 amide bonds. The number of nitrogens with two attached hydrogens (primary N) is 1. The summed E-state index contributed by atoms with van der Waals surface area (Å²) in [6.45, 7) is 4.28. The van der Waals surface area contributed by atoms with Crippen LogP contribution in [0.1, 0.15) is 18.9 Å². The van der Waals surface area contributed by atoms with Crippen molar-refractivity contribution in [3.8, 4) is 0 Å². The minimum Gasteiger partial charge on any atom is -0.383 e. The van der Waals surface area contributed by atoms with E-state index in [2.05, 4.69) is 29.5 Å². The van der Waals surface area contributed by atoms with Gasteiger partial charge in [0.2, 0.25) is 0 Å². The Morgan fingerprint density at radius 2 is 2.27 bits per heavy atom. The van der Waals surface area contributed by atoms with Gasteiger partial charge in [0.1, 0.15) is 10.8 Å². The van der Waals surface area contributed by atoms with Crippen LogP contribution in [0.4, 0.5) is 10.8 Å². The van der Waals surface area contributed by atoms with Crippen LogP contribution in [0.2, 0.25) is 0 Å². The highest BCUT2D eigenvalue weighted by molar-refractivity contribution is 7.98. The van der Waals surface area contributed by atoms with Gasteiger partial charge in [-0.1, -0.05) is 0 Å². The lowest BCUT2D eigenvalue weighted by atomic mass is 10.2. The van der Waals surface area contributed by atoms with E-state index in [1.165, 1.54) is 28.7 Å². The van der Waals surface area contributed by atoms with Crippen LogP contribution in [-0.4, -0.2) is 29.5 Å². The molecule has 15 heavy (non-hydrogen) atoms. The Labute approximate surface area is 100 Å². The lowest BCUT2D eigenvalue weighted by molar-refractivity contribution is 0.672. The van der Waals surface area contributed by atoms with Gasteiger partial charge in [0.25, 0.3) is 0 Å². The van der Waals surface area contributed by atoms with Gasteiger partial charge >= 0.3 is 0 Å². The fraction of sp³-hybridized carbons (Fsp3) is 0.700. The molecule has 0 saturated carbocycles. The normalized spacial score (nSPS) is 12.8. The molecule has 1 aromatic heterocycles. The zero-order valence-corrected chi connectivity index (χ0v) is 11.4. The van der Waals surface area contributed by atoms with Crippen molar-refractivity contribution in [2.24, 2.45) is 0 Å². The molecule has 1 unspecified atom stereocenters. The highest BCUT2D eigenvalue weighted by Crippen LogP contribution is 2.30. The van der Waals surface area contributed by atoms with Crippen LogP contribution in [0.15, 0.2) is 0 Å². The fourth-order valence-corrected chi connectivity index (χ4v) is 2.80. The van der Waals surface area contributed by atoms with Crippen LogP contribution >= 0.6 is 23.3 Å². The van der Waals surface area contributed by atoms with Crippen molar-refractivity contribution in [2.45, 2.75) is 26.3 Å². The molecule has 0 aromatic carbocycles. The van der Waals surface area contributed by atoms with E-state index in [1.807, 2.05) is 18.7 Å². The van der Waals surface area contributed by atoms with Gasteiger partial charge in [0.05, 0.1) is 0 Å². The van der Waals surface area contributed by atoms with Crippen molar-refractivity contribution in [2.75, 3.05) is 29.7 Å². The summed E-state index contributed by atoms with van der Waals surface area (Å²) in [5, 5.41) is 1.20. The summed E-state index contributed by atoms with van der Waals surface area (Å²) in [6, 6.07) is 0.538. The molecule has 0 aliphatic rings. The van der Waals surface area contributed by atoms with E-state index >= 15 is 0 Å². The molecule has 1 heterocycles. The average molecular weight is 245 g/mol. The van der Waals surface area contributed by atoms with Gasteiger partial charge in [0.15, 0.2) is 0 Å². The summed E-state index contributed by atoms with van der Waals surface area (Å²) in [5.41, 5.74) is 6.86. The predicted octanol–water partition coefficient (Wildman–Crippen LogP) is 2.61. The Bertz CT molecular complexity index is 312. The van der Waals surface area contributed by atoms with Crippen LogP contribution < -0.4 is 10.6 Å². The molecule has 86 valence electrons. The van der Waals surface area contributed by atoms with Gasteiger partial charge in [-0.25, -0.2) is 0 Å². The summed E-state index contributed by atoms with van der Waals surface area (Å²) < 4.78 is 4.17. The van der Waals surface area contributed by atoms with E-state index in [0.717, 1.165) is 5.56 Å². The first kappa shape index (κ1) is 12.6. The lowest BCUT2D eigenvalue weighted by Crippen LogP contribution is -2.29. The molecule has 0 aliphatic heterocycles. The van der Waals surface area contributed by atoms with Crippen molar-refractivity contribution in [1.29, 1.82) is 0 Å². The molecule has 0 fully saturated rings. The van der Waals surface area contributed by atoms with E-state index < -0.39 is 0 Å². The largest absolute Gasteiger partial charge is 0.383 e. The monoisotopic (exact) mass is 245 g/mol. The second-order valence-corrected chi connectivity index (χ2v) is 5.48. The number of nitrogens with zero attached hydrogens (tertiary/aromatic N) is 2. The van der Waals surface area contributed by atoms with Crippen LogP contribution in [0.3, 0.4) is 0 Å². The number of hydrogen-bond donors (Lipinski definition) is 1. The number of rotatable bonds is 5. The molecular formula is C10H19N3S2. The van der Waals surface area contributed by atoms with Crippen LogP contribution in [-0.2, 0) is 0 Å². The smallest absolute Gasteiger partial charge is 0.142 e. The first-order valence-corrected chi connectivity index (χ1v) is 7.18. The summed E-state index contributed by atoms with van der Waals surface area (Å²) in [4.78, 5) is 2.28. The minimum absolute atomic E-state index is 0.538. The average Bonchev–Trinajstić information content (AvgIpc) is 2.55. The molecule has 5 heteroatoms. The van der Waals surface area contributed by atoms with Crippen molar-refractivity contribution < 1.29 is 0 Å². The Balaban J connectivity index is 2.67. The van der Waals surface area contributed by atoms with Crippen LogP contribution in [0.25, 0.3) is 0 Å². The molecule has 0 spiro atoms. The van der Waals surface area contributed by atoms with E-state index in [0.29, 0.717) is 11.9 Å². The number of anilines is 2. The lowest BCUT2D eigenvalue weighted by Gasteiger charge is -2.25. The topological polar surface area (TPSA) is 42.2 Å². The number of aromatic nitrogens is 1. The minimum atomic E-state index is 0.538. The van der Waals surface area contributed by atoms with E-state index in [4.69, 9.17) is 5.73 Å². The molecule has 1 aromatic rings. The molecule has 0 radical (unpaired) electrons. The van der Waals surface area contributed by atoms with Crippen molar-refractivity contribution in [3.63, 3.8) is 0 Å². The molecule has 1 rings (SSSR count). The number of thioether (sulfide) groups is 1. The quantitative estimate of drug-likeness (QED) is 0.866. The highest BCUT2D eigenvalue weighted by Gasteiger charge is 2.15. The van der Waals surface area contributed by atoms with Gasteiger partial charge in [-0.05, 0) is 43.8 Å². The zero-order valence-electron chi connectivity index (χ0n) is 9.78. The second-order valence-electron chi connectivity index (χ2n) is 3.74. The summed E-state index contributed by atoms with van der Waals surface area (Å²) in [6.07, 6.45) is 3.33. The molecule has 2 N–H and O–H groups in total. The van der Waals surface area contributed by atoms with Crippen molar-refractivity contribution >= 4 is 34.1 Å². The zero-order chi connectivity index (χ0) is 11.4. The maximum atomic E-state index is 5.75. The van der Waals surface area contributed by atoms with Crippen LogP contribution in [0, 0.1) is 6.92 Å². The Kier molecular flexibility index (Phi) is 4.73. The third-order valence-electron chi connectivity index (χ3n) is 2.66. The van der Waals surface area contributed by atoms with E-state index in [1.54, 1.807) is 0 Å². The summed E-state index contributed by atoms with van der Waals surface area (Å²) >= 11 is 3.38. The Morgan fingerprint density at radius 3 is 2.73 bits per heavy atom. The summed E-state index contributed by atoms with van der Waals surface area (Å²) in [7, 11) is 2.12. The molecule has 3 nitrogen and oxygen atoms in total. The highest BCUT2D eigenvalue weighted by atomic mass is 32.2. The van der Waals surface area contributed by atoms with E-state index in [9.17, 15) is 0 Å². The van der Waals surface area contributed by atoms with E-state index in [-0.39, 0.29) is 0 Å². The third kappa shape index (κ3) is 3.01. The molecule has 0 aliphatic carbocycles. The fourth-order valence-electron chi connectivity index (χ4n) is 1.35. The molecular weight excluding hydrogens is 226 g/mol. The van der Waals surface area contributed by atoms with Gasteiger partial charge in [-0.15, -0.1) is 0 Å². The maximum absolute atomic E-state index is 5.75. The van der Waals surface area contributed by atoms with Gasteiger partial charge < -0.3 is 10.6 Å². The van der Waals surface area contributed by atoms with Crippen molar-refractivity contribution in [1.82, 2.24) is 4.37 Å². The number of nitrogen functional groups attached to an aromatic ring is 1. The van der Waals surface area contributed by atoms with Gasteiger partial charge in [0, 0.05) is 18.7 Å². The predicted molar refractivity (Wildman–Crippen MR) is 72.1 cm³/mol. The van der Waals surface area contributed by atoms with Gasteiger partial charge in [-0.2, -0.15) is 16.1 Å². The SMILES string of the molecule is CSCCC(C)N(C)c1snc(N)c1C. The first-order valence-electron chi connectivity index (χ1n) is 5.01. The van der Waals surface area contributed by atoms with Crippen molar-refractivity contribution in [3.05, 3.63) is 5.56 Å². The maximum Gasteiger partial charge on any atom is 0.142 e. The number of hydrogen-bond acceptors (Lipinski definition) is 5. The molecule has 0 bridgehead atoms. The Hall–Kier alpha value is -0.420. The van der Waals surface area contributed by atoms with Crippen LogP contribution in [0.5, 0.6) is 0 Å².